The number of methoxy groups -OCH3 is 1. The summed E-state index contributed by atoms with van der Waals surface area (Å²) < 4.78 is 8.53. The topological polar surface area (TPSA) is 34.5 Å². The monoisotopic (exact) mass is 416 g/mol. The molecule has 3 aromatic rings. The van der Waals surface area contributed by atoms with E-state index >= 15 is 0 Å². The van der Waals surface area contributed by atoms with E-state index < -0.39 is 0 Å². The van der Waals surface area contributed by atoms with Crippen LogP contribution in [0.4, 0.5) is 0 Å². The first kappa shape index (κ1) is 17.6. The van der Waals surface area contributed by atoms with E-state index in [0.29, 0.717) is 5.92 Å². The minimum absolute atomic E-state index is 0.111. The number of hydrogen-bond acceptors (Lipinski definition) is 3. The SMILES string of the molecule is COc1ccc2[se]n(CC3CCN(Cc4ccccc4)CC3)c(=O)c2c1. The Balaban J connectivity index is 1.39. The fourth-order valence-corrected chi connectivity index (χ4v) is 5.96. The molecule has 1 saturated heterocycles. The van der Waals surface area contributed by atoms with Gasteiger partial charge in [0, 0.05) is 0 Å². The van der Waals surface area contributed by atoms with E-state index in [1.807, 2.05) is 12.1 Å². The molecule has 1 aliphatic heterocycles. The Labute approximate surface area is 160 Å². The van der Waals surface area contributed by atoms with Crippen molar-refractivity contribution in [3.8, 4) is 5.75 Å². The van der Waals surface area contributed by atoms with Crippen molar-refractivity contribution in [3.05, 3.63) is 64.4 Å². The number of likely N-dealkylation sites (tertiary alicyclic amines) is 1. The van der Waals surface area contributed by atoms with Gasteiger partial charge in [0.15, 0.2) is 0 Å². The minimum atomic E-state index is 0.111. The third-order valence-corrected chi connectivity index (χ3v) is 7.52. The molecule has 0 atom stereocenters. The molecule has 0 aliphatic carbocycles. The normalized spacial score (nSPS) is 16.2. The Kier molecular flexibility index (Phi) is 5.30. The van der Waals surface area contributed by atoms with Crippen molar-refractivity contribution in [2.24, 2.45) is 5.92 Å². The first-order valence-electron chi connectivity index (χ1n) is 9.17. The van der Waals surface area contributed by atoms with Crippen LogP contribution >= 0.6 is 0 Å². The second-order valence-electron chi connectivity index (χ2n) is 7.02. The van der Waals surface area contributed by atoms with Gasteiger partial charge in [0.25, 0.3) is 0 Å². The summed E-state index contributed by atoms with van der Waals surface area (Å²) in [4.78, 5) is 15.2. The molecule has 4 rings (SSSR count). The number of ether oxygens (including phenoxy) is 1. The third-order valence-electron chi connectivity index (χ3n) is 5.23. The van der Waals surface area contributed by atoms with E-state index in [-0.39, 0.29) is 20.3 Å². The molecule has 1 aliphatic rings. The number of aromatic nitrogens is 1. The second-order valence-corrected chi connectivity index (χ2v) is 9.26. The van der Waals surface area contributed by atoms with Crippen LogP contribution in [0.25, 0.3) is 9.65 Å². The Morgan fingerprint density at radius 1 is 1.12 bits per heavy atom. The van der Waals surface area contributed by atoms with E-state index in [1.165, 1.54) is 22.7 Å². The van der Waals surface area contributed by atoms with Gasteiger partial charge in [-0.2, -0.15) is 0 Å². The van der Waals surface area contributed by atoms with Crippen LogP contribution in [0.2, 0.25) is 0 Å². The first-order valence-corrected chi connectivity index (χ1v) is 10.8. The maximum atomic E-state index is 12.7. The summed E-state index contributed by atoms with van der Waals surface area (Å²) in [6, 6.07) is 16.6. The van der Waals surface area contributed by atoms with Gasteiger partial charge in [-0.15, -0.1) is 0 Å². The van der Waals surface area contributed by atoms with Gasteiger partial charge in [-0.3, -0.25) is 0 Å². The van der Waals surface area contributed by atoms with Crippen molar-refractivity contribution in [1.82, 2.24) is 8.46 Å². The molecule has 5 heteroatoms. The summed E-state index contributed by atoms with van der Waals surface area (Å²) in [5, 5.41) is 0.839. The molecule has 0 saturated carbocycles. The summed E-state index contributed by atoms with van der Waals surface area (Å²) in [6.07, 6.45) is 2.35. The molecule has 0 bridgehead atoms. The van der Waals surface area contributed by atoms with Gasteiger partial charge in [-0.05, 0) is 0 Å². The molecule has 4 nitrogen and oxygen atoms in total. The van der Waals surface area contributed by atoms with Gasteiger partial charge in [0.1, 0.15) is 0 Å². The second kappa shape index (κ2) is 7.83. The molecule has 26 heavy (non-hydrogen) atoms. The summed E-state index contributed by atoms with van der Waals surface area (Å²) in [5.41, 5.74) is 1.57. The molecule has 0 radical (unpaired) electrons. The fourth-order valence-electron chi connectivity index (χ4n) is 3.70. The predicted octanol–water partition coefficient (Wildman–Crippen LogP) is 2.98. The Morgan fingerprint density at radius 2 is 1.88 bits per heavy atom. The predicted molar refractivity (Wildman–Crippen MR) is 106 cm³/mol. The molecule has 1 fully saturated rings. The van der Waals surface area contributed by atoms with Crippen molar-refractivity contribution >= 4 is 24.4 Å². The van der Waals surface area contributed by atoms with Crippen molar-refractivity contribution in [2.75, 3.05) is 20.2 Å². The van der Waals surface area contributed by atoms with E-state index in [1.54, 1.807) is 7.11 Å². The summed E-state index contributed by atoms with van der Waals surface area (Å²) in [5.74, 6) is 1.38. The Bertz CT molecular complexity index is 924. The van der Waals surface area contributed by atoms with Crippen molar-refractivity contribution < 1.29 is 4.74 Å². The maximum absolute atomic E-state index is 12.7. The average Bonchev–Trinajstić information content (AvgIpc) is 2.99. The number of benzene rings is 2. The van der Waals surface area contributed by atoms with Gasteiger partial charge < -0.3 is 0 Å². The van der Waals surface area contributed by atoms with Crippen molar-refractivity contribution in [3.63, 3.8) is 0 Å². The molecule has 0 unspecified atom stereocenters. The van der Waals surface area contributed by atoms with Crippen LogP contribution in [0.15, 0.2) is 53.3 Å². The van der Waals surface area contributed by atoms with Crippen molar-refractivity contribution in [1.29, 1.82) is 0 Å². The quantitative estimate of drug-likeness (QED) is 0.601. The molecule has 0 amide bonds. The number of nitrogens with zero attached hydrogens (tertiary/aromatic N) is 2. The number of piperidine rings is 1. The number of rotatable bonds is 5. The van der Waals surface area contributed by atoms with Gasteiger partial charge in [0.05, 0.1) is 0 Å². The average molecular weight is 415 g/mol. The first-order chi connectivity index (χ1) is 12.7. The van der Waals surface area contributed by atoms with Gasteiger partial charge >= 0.3 is 160 Å². The molecule has 136 valence electrons. The summed E-state index contributed by atoms with van der Waals surface area (Å²) in [7, 11) is 1.65. The molecule has 2 aromatic carbocycles. The van der Waals surface area contributed by atoms with Crippen LogP contribution in [0.1, 0.15) is 18.4 Å². The molecule has 2 heterocycles. The number of fused-ring (bicyclic) bond motifs is 1. The van der Waals surface area contributed by atoms with Gasteiger partial charge in [0.2, 0.25) is 0 Å². The Morgan fingerprint density at radius 3 is 2.62 bits per heavy atom. The zero-order valence-electron chi connectivity index (χ0n) is 15.1. The standard InChI is InChI=1S/C21H24N2O2Se/c1-25-18-7-8-20-19(13-18)21(24)23(26-20)15-17-9-11-22(12-10-17)14-16-5-3-2-4-6-16/h2-8,13,17H,9-12,14-15H2,1H3. The van der Waals surface area contributed by atoms with Gasteiger partial charge in [-0.1, -0.05) is 0 Å². The van der Waals surface area contributed by atoms with Crippen LogP contribution in [-0.2, 0) is 13.1 Å². The van der Waals surface area contributed by atoms with E-state index in [4.69, 9.17) is 4.74 Å². The summed E-state index contributed by atoms with van der Waals surface area (Å²) in [6.45, 7) is 4.17. The zero-order valence-corrected chi connectivity index (χ0v) is 16.8. The molecule has 1 aromatic heterocycles. The van der Waals surface area contributed by atoms with Crippen molar-refractivity contribution in [2.45, 2.75) is 25.9 Å². The zero-order chi connectivity index (χ0) is 17.9. The molecular weight excluding hydrogens is 391 g/mol. The number of hydrogen-bond donors (Lipinski definition) is 0. The van der Waals surface area contributed by atoms with Crippen LogP contribution < -0.4 is 10.3 Å². The van der Waals surface area contributed by atoms with Crippen LogP contribution in [0.3, 0.4) is 0 Å². The van der Waals surface area contributed by atoms with E-state index in [9.17, 15) is 4.79 Å². The molecule has 0 spiro atoms. The third kappa shape index (κ3) is 3.80. The van der Waals surface area contributed by atoms with Crippen LogP contribution in [0.5, 0.6) is 5.75 Å². The van der Waals surface area contributed by atoms with Crippen LogP contribution in [-0.4, -0.2) is 43.4 Å². The fraction of sp³-hybridized carbons (Fsp3) is 0.381. The van der Waals surface area contributed by atoms with E-state index in [2.05, 4.69) is 44.9 Å². The Hall–Kier alpha value is -1.81. The molecule has 0 N–H and O–H groups in total. The molecular formula is C21H24N2O2Se. The van der Waals surface area contributed by atoms with Crippen LogP contribution in [0, 0.1) is 5.92 Å². The summed E-state index contributed by atoms with van der Waals surface area (Å²) >= 11 is 0.111. The van der Waals surface area contributed by atoms with E-state index in [0.717, 1.165) is 37.3 Å². The van der Waals surface area contributed by atoms with Gasteiger partial charge in [-0.25, -0.2) is 0 Å².